The molecule has 0 aliphatic carbocycles. The van der Waals surface area contributed by atoms with Gasteiger partial charge in [-0.1, -0.05) is 12.1 Å². The van der Waals surface area contributed by atoms with Crippen LogP contribution in [0.15, 0.2) is 28.7 Å². The molecule has 1 amide bonds. The number of carboxylic acid groups (broad SMARTS) is 1. The Morgan fingerprint density at radius 3 is 2.76 bits per heavy atom. The number of rotatable bonds is 4. The smallest absolute Gasteiger partial charge is 0.326 e. The van der Waals surface area contributed by atoms with Gasteiger partial charge in [0, 0.05) is 6.54 Å². The third-order valence-corrected chi connectivity index (χ3v) is 4.21. The molecule has 2 unspecified atom stereocenters. The number of carbonyl (C=O) groups excluding carboxylic acids is 1. The van der Waals surface area contributed by atoms with Crippen molar-refractivity contribution in [2.24, 2.45) is 0 Å². The molecular weight excluding hydrogens is 338 g/mol. The molecule has 1 aliphatic rings. The van der Waals surface area contributed by atoms with E-state index in [0.717, 1.165) is 17.3 Å². The maximum Gasteiger partial charge on any atom is 0.326 e. The fourth-order valence-corrected chi connectivity index (χ4v) is 2.85. The third kappa shape index (κ3) is 3.75. The van der Waals surface area contributed by atoms with E-state index in [9.17, 15) is 14.7 Å². The number of aliphatic carboxylic acids is 1. The van der Waals surface area contributed by atoms with Gasteiger partial charge in [-0.05, 0) is 54.2 Å². The topological polar surface area (TPSA) is 66.8 Å². The summed E-state index contributed by atoms with van der Waals surface area (Å²) in [6.07, 6.45) is 1.45. The molecule has 1 saturated heterocycles. The van der Waals surface area contributed by atoms with Crippen molar-refractivity contribution >= 4 is 27.8 Å². The normalized spacial score (nSPS) is 19.9. The van der Waals surface area contributed by atoms with Gasteiger partial charge in [-0.15, -0.1) is 0 Å². The van der Waals surface area contributed by atoms with E-state index in [1.165, 1.54) is 4.90 Å². The minimum absolute atomic E-state index is 0.280. The number of benzene rings is 1. The lowest BCUT2D eigenvalue weighted by Gasteiger charge is -2.34. The van der Waals surface area contributed by atoms with Gasteiger partial charge in [0.15, 0.2) is 6.10 Å². The molecule has 2 atom stereocenters. The molecule has 1 N–H and O–H groups in total. The molecule has 0 radical (unpaired) electrons. The Labute approximate surface area is 132 Å². The molecule has 1 fully saturated rings. The quantitative estimate of drug-likeness (QED) is 0.901. The molecule has 1 heterocycles. The number of hydrogen-bond acceptors (Lipinski definition) is 3. The number of para-hydroxylation sites is 1. The Kier molecular flexibility index (Phi) is 5.22. The van der Waals surface area contributed by atoms with Gasteiger partial charge >= 0.3 is 5.97 Å². The number of carboxylic acids is 1. The summed E-state index contributed by atoms with van der Waals surface area (Å²) < 4.78 is 6.42. The summed E-state index contributed by atoms with van der Waals surface area (Å²) >= 11 is 3.36. The largest absolute Gasteiger partial charge is 0.480 e. The zero-order chi connectivity index (χ0) is 15.4. The van der Waals surface area contributed by atoms with Crippen LogP contribution in [0.4, 0.5) is 0 Å². The van der Waals surface area contributed by atoms with Crippen molar-refractivity contribution in [3.63, 3.8) is 0 Å². The average molecular weight is 356 g/mol. The third-order valence-electron chi connectivity index (χ3n) is 3.56. The van der Waals surface area contributed by atoms with Crippen LogP contribution in [0.25, 0.3) is 0 Å². The van der Waals surface area contributed by atoms with Crippen LogP contribution in [0.5, 0.6) is 5.75 Å². The molecule has 2 rings (SSSR count). The number of carbonyl (C=O) groups is 2. The molecule has 114 valence electrons. The number of amides is 1. The van der Waals surface area contributed by atoms with Gasteiger partial charge in [-0.3, -0.25) is 4.79 Å². The van der Waals surface area contributed by atoms with Crippen molar-refractivity contribution in [1.82, 2.24) is 4.90 Å². The second kappa shape index (κ2) is 6.93. The summed E-state index contributed by atoms with van der Waals surface area (Å²) in [6.45, 7) is 2.12. The van der Waals surface area contributed by atoms with Gasteiger partial charge in [-0.25, -0.2) is 4.79 Å². The highest BCUT2D eigenvalue weighted by atomic mass is 79.9. The standard InChI is InChI=1S/C15H18BrNO4/c1-10(21-13-8-3-2-6-11(13)16)14(18)17-9-5-4-7-12(17)15(19)20/h2-3,6,8,10,12H,4-5,7,9H2,1H3,(H,19,20). The van der Waals surface area contributed by atoms with E-state index in [-0.39, 0.29) is 5.91 Å². The van der Waals surface area contributed by atoms with E-state index in [0.29, 0.717) is 18.7 Å². The van der Waals surface area contributed by atoms with E-state index < -0.39 is 18.1 Å². The van der Waals surface area contributed by atoms with Gasteiger partial charge in [0.05, 0.1) is 4.47 Å². The van der Waals surface area contributed by atoms with Crippen LogP contribution in [0, 0.1) is 0 Å². The molecule has 1 aromatic carbocycles. The number of nitrogens with zero attached hydrogens (tertiary/aromatic N) is 1. The predicted octanol–water partition coefficient (Wildman–Crippen LogP) is 2.68. The van der Waals surface area contributed by atoms with Gasteiger partial charge in [-0.2, -0.15) is 0 Å². The second-order valence-electron chi connectivity index (χ2n) is 5.07. The van der Waals surface area contributed by atoms with Crippen molar-refractivity contribution in [1.29, 1.82) is 0 Å². The molecule has 1 aliphatic heterocycles. The van der Waals surface area contributed by atoms with E-state index >= 15 is 0 Å². The minimum Gasteiger partial charge on any atom is -0.480 e. The lowest BCUT2D eigenvalue weighted by Crippen LogP contribution is -2.52. The number of piperidine rings is 1. The van der Waals surface area contributed by atoms with Gasteiger partial charge < -0.3 is 14.7 Å². The maximum absolute atomic E-state index is 12.5. The van der Waals surface area contributed by atoms with Crippen molar-refractivity contribution in [2.45, 2.75) is 38.3 Å². The van der Waals surface area contributed by atoms with Gasteiger partial charge in [0.25, 0.3) is 5.91 Å². The number of hydrogen-bond donors (Lipinski definition) is 1. The highest BCUT2D eigenvalue weighted by Crippen LogP contribution is 2.26. The first-order valence-electron chi connectivity index (χ1n) is 6.95. The first-order valence-corrected chi connectivity index (χ1v) is 7.74. The average Bonchev–Trinajstić information content (AvgIpc) is 2.48. The number of halogens is 1. The molecule has 0 saturated carbocycles. The summed E-state index contributed by atoms with van der Waals surface area (Å²) in [5.41, 5.74) is 0. The monoisotopic (exact) mass is 355 g/mol. The van der Waals surface area contributed by atoms with Crippen molar-refractivity contribution in [2.75, 3.05) is 6.54 Å². The summed E-state index contributed by atoms with van der Waals surface area (Å²) in [5.74, 6) is -0.656. The Morgan fingerprint density at radius 1 is 1.38 bits per heavy atom. The van der Waals surface area contributed by atoms with Crippen molar-refractivity contribution in [3.05, 3.63) is 28.7 Å². The van der Waals surface area contributed by atoms with E-state index in [2.05, 4.69) is 15.9 Å². The van der Waals surface area contributed by atoms with E-state index in [4.69, 9.17) is 4.74 Å². The minimum atomic E-state index is -0.948. The fraction of sp³-hybridized carbons (Fsp3) is 0.467. The highest BCUT2D eigenvalue weighted by Gasteiger charge is 2.34. The number of likely N-dealkylation sites (tertiary alicyclic amines) is 1. The maximum atomic E-state index is 12.5. The van der Waals surface area contributed by atoms with Gasteiger partial charge in [0.1, 0.15) is 11.8 Å². The van der Waals surface area contributed by atoms with Crippen molar-refractivity contribution < 1.29 is 19.4 Å². The summed E-state index contributed by atoms with van der Waals surface area (Å²) in [5, 5.41) is 9.23. The van der Waals surface area contributed by atoms with E-state index in [1.54, 1.807) is 13.0 Å². The first-order chi connectivity index (χ1) is 10.0. The van der Waals surface area contributed by atoms with Crippen LogP contribution in [-0.4, -0.2) is 40.6 Å². The lowest BCUT2D eigenvalue weighted by molar-refractivity contribution is -0.155. The molecule has 21 heavy (non-hydrogen) atoms. The van der Waals surface area contributed by atoms with Crippen LogP contribution in [0.3, 0.4) is 0 Å². The second-order valence-corrected chi connectivity index (χ2v) is 5.93. The Morgan fingerprint density at radius 2 is 2.10 bits per heavy atom. The Bertz CT molecular complexity index is 534. The van der Waals surface area contributed by atoms with Crippen LogP contribution >= 0.6 is 15.9 Å². The summed E-state index contributed by atoms with van der Waals surface area (Å²) in [6, 6.07) is 6.52. The Balaban J connectivity index is 2.07. The highest BCUT2D eigenvalue weighted by molar-refractivity contribution is 9.10. The molecule has 0 bridgehead atoms. The molecular formula is C15H18BrNO4. The number of ether oxygens (including phenoxy) is 1. The SMILES string of the molecule is CC(Oc1ccccc1Br)C(=O)N1CCCCC1C(=O)O. The van der Waals surface area contributed by atoms with Crippen molar-refractivity contribution in [3.8, 4) is 5.75 Å². The Hall–Kier alpha value is -1.56. The van der Waals surface area contributed by atoms with Gasteiger partial charge in [0.2, 0.25) is 0 Å². The molecule has 0 aromatic heterocycles. The van der Waals surface area contributed by atoms with Crippen LogP contribution in [-0.2, 0) is 9.59 Å². The fourth-order valence-electron chi connectivity index (χ4n) is 2.47. The van der Waals surface area contributed by atoms with Crippen LogP contribution in [0.1, 0.15) is 26.2 Å². The first kappa shape index (κ1) is 15.8. The van der Waals surface area contributed by atoms with Crippen LogP contribution in [0.2, 0.25) is 0 Å². The van der Waals surface area contributed by atoms with E-state index in [1.807, 2.05) is 18.2 Å². The lowest BCUT2D eigenvalue weighted by atomic mass is 10.0. The molecule has 6 heteroatoms. The summed E-state index contributed by atoms with van der Waals surface area (Å²) in [7, 11) is 0. The molecule has 1 aromatic rings. The van der Waals surface area contributed by atoms with Crippen LogP contribution < -0.4 is 4.74 Å². The molecule has 0 spiro atoms. The molecule has 5 nitrogen and oxygen atoms in total. The summed E-state index contributed by atoms with van der Waals surface area (Å²) in [4.78, 5) is 25.1. The zero-order valence-electron chi connectivity index (χ0n) is 11.8. The zero-order valence-corrected chi connectivity index (χ0v) is 13.4. The predicted molar refractivity (Wildman–Crippen MR) is 81.2 cm³/mol.